The number of hydrogen-bond acceptors (Lipinski definition) is 7. The van der Waals surface area contributed by atoms with Crippen LogP contribution >= 0.6 is 15.9 Å². The molecule has 0 radical (unpaired) electrons. The molecule has 2 aliphatic rings. The lowest BCUT2D eigenvalue weighted by atomic mass is 10.0. The predicted molar refractivity (Wildman–Crippen MR) is 110 cm³/mol. The van der Waals surface area contributed by atoms with Crippen molar-refractivity contribution in [3.05, 3.63) is 29.3 Å². The third-order valence-corrected chi connectivity index (χ3v) is 7.04. The standard InChI is InChI=1S/C19H23BrN2O7S/c20-6-7-28-8-9-29-10-11-30(26,27)16-3-1-2-13-14(16)12-22(19(13)25)15-4-5-17(23)21-18(15)24/h1-3,15H,4-12H2,(H,21,23,24). The number of nitrogens with one attached hydrogen (secondary N) is 1. The molecule has 0 saturated carbocycles. The summed E-state index contributed by atoms with van der Waals surface area (Å²) in [5.41, 5.74) is 0.651. The van der Waals surface area contributed by atoms with E-state index >= 15 is 0 Å². The molecule has 3 rings (SSSR count). The average molecular weight is 503 g/mol. The summed E-state index contributed by atoms with van der Waals surface area (Å²) < 4.78 is 36.3. The number of sulfone groups is 1. The molecule has 1 aromatic carbocycles. The summed E-state index contributed by atoms with van der Waals surface area (Å²) in [5.74, 6) is -1.54. The summed E-state index contributed by atoms with van der Waals surface area (Å²) >= 11 is 3.24. The third-order valence-electron chi connectivity index (χ3n) is 4.96. The smallest absolute Gasteiger partial charge is 0.255 e. The van der Waals surface area contributed by atoms with Crippen molar-refractivity contribution in [2.75, 3.05) is 37.5 Å². The van der Waals surface area contributed by atoms with E-state index in [1.54, 1.807) is 6.07 Å². The van der Waals surface area contributed by atoms with Gasteiger partial charge in [0.25, 0.3) is 5.91 Å². The molecule has 0 bridgehead atoms. The Morgan fingerprint density at radius 2 is 1.83 bits per heavy atom. The molecule has 1 saturated heterocycles. The second-order valence-corrected chi connectivity index (χ2v) is 9.79. The molecule has 3 amide bonds. The van der Waals surface area contributed by atoms with Gasteiger partial charge < -0.3 is 14.4 Å². The molecular weight excluding hydrogens is 480 g/mol. The molecule has 30 heavy (non-hydrogen) atoms. The van der Waals surface area contributed by atoms with Gasteiger partial charge in [-0.25, -0.2) is 8.42 Å². The van der Waals surface area contributed by atoms with Crippen LogP contribution in [0, 0.1) is 0 Å². The number of hydrogen-bond donors (Lipinski definition) is 1. The molecule has 1 fully saturated rings. The van der Waals surface area contributed by atoms with Gasteiger partial charge in [0.2, 0.25) is 11.8 Å². The van der Waals surface area contributed by atoms with Gasteiger partial charge in [-0.2, -0.15) is 0 Å². The first-order chi connectivity index (χ1) is 14.3. The number of amides is 3. The first-order valence-corrected chi connectivity index (χ1v) is 12.3. The number of benzene rings is 1. The third kappa shape index (κ3) is 5.08. The highest BCUT2D eigenvalue weighted by molar-refractivity contribution is 9.09. The van der Waals surface area contributed by atoms with Crippen LogP contribution in [-0.2, 0) is 35.4 Å². The lowest BCUT2D eigenvalue weighted by Gasteiger charge is -2.29. The molecule has 1 unspecified atom stereocenters. The van der Waals surface area contributed by atoms with Crippen LogP contribution in [0.4, 0.5) is 0 Å². The summed E-state index contributed by atoms with van der Waals surface area (Å²) in [6.45, 7) is 1.24. The molecule has 0 aromatic heterocycles. The summed E-state index contributed by atoms with van der Waals surface area (Å²) in [7, 11) is -3.69. The number of halogens is 1. The summed E-state index contributed by atoms with van der Waals surface area (Å²) in [4.78, 5) is 37.8. The fraction of sp³-hybridized carbons (Fsp3) is 0.526. The maximum absolute atomic E-state index is 12.9. The number of carbonyl (C=O) groups is 3. The number of carbonyl (C=O) groups excluding carboxylic acids is 3. The minimum Gasteiger partial charge on any atom is -0.378 e. The molecule has 0 spiro atoms. The van der Waals surface area contributed by atoms with Crippen LogP contribution in [0.25, 0.3) is 0 Å². The topological polar surface area (TPSA) is 119 Å². The Kier molecular flexibility index (Phi) is 7.61. The zero-order chi connectivity index (χ0) is 21.7. The highest BCUT2D eigenvalue weighted by Gasteiger charge is 2.40. The minimum absolute atomic E-state index is 0.00841. The van der Waals surface area contributed by atoms with Gasteiger partial charge in [0.15, 0.2) is 9.84 Å². The van der Waals surface area contributed by atoms with Gasteiger partial charge in [0.05, 0.1) is 37.1 Å². The van der Waals surface area contributed by atoms with Crippen LogP contribution in [0.1, 0.15) is 28.8 Å². The van der Waals surface area contributed by atoms with Crippen LogP contribution in [0.5, 0.6) is 0 Å². The van der Waals surface area contributed by atoms with E-state index in [4.69, 9.17) is 9.47 Å². The van der Waals surface area contributed by atoms with Crippen LogP contribution in [0.2, 0.25) is 0 Å². The number of imide groups is 1. The number of fused-ring (bicyclic) bond motifs is 1. The zero-order valence-corrected chi connectivity index (χ0v) is 18.7. The van der Waals surface area contributed by atoms with E-state index in [-0.39, 0.29) is 54.7 Å². The highest BCUT2D eigenvalue weighted by atomic mass is 79.9. The van der Waals surface area contributed by atoms with Gasteiger partial charge >= 0.3 is 0 Å². The Hall–Kier alpha value is -1.82. The van der Waals surface area contributed by atoms with E-state index < -0.39 is 27.7 Å². The Balaban J connectivity index is 1.68. The molecular formula is C19H23BrN2O7S. The van der Waals surface area contributed by atoms with Crippen molar-refractivity contribution in [2.24, 2.45) is 0 Å². The Morgan fingerprint density at radius 1 is 1.10 bits per heavy atom. The Bertz CT molecular complexity index is 935. The van der Waals surface area contributed by atoms with E-state index in [0.717, 1.165) is 5.33 Å². The quantitative estimate of drug-likeness (QED) is 0.283. The van der Waals surface area contributed by atoms with Crippen LogP contribution in [0.3, 0.4) is 0 Å². The summed E-state index contributed by atoms with van der Waals surface area (Å²) in [5, 5.41) is 2.95. The Labute approximate surface area is 183 Å². The van der Waals surface area contributed by atoms with Crippen molar-refractivity contribution in [1.29, 1.82) is 0 Å². The van der Waals surface area contributed by atoms with E-state index in [1.165, 1.54) is 17.0 Å². The number of piperidine rings is 1. The maximum Gasteiger partial charge on any atom is 0.255 e. The Morgan fingerprint density at radius 3 is 2.53 bits per heavy atom. The largest absolute Gasteiger partial charge is 0.378 e. The normalized spacial score (nSPS) is 19.2. The van der Waals surface area contributed by atoms with Crippen molar-refractivity contribution in [3.8, 4) is 0 Å². The summed E-state index contributed by atoms with van der Waals surface area (Å²) in [6, 6.07) is 3.75. The van der Waals surface area contributed by atoms with Gasteiger partial charge in [-0.15, -0.1) is 0 Å². The van der Waals surface area contributed by atoms with Crippen LogP contribution in [0.15, 0.2) is 23.1 Å². The maximum atomic E-state index is 12.9. The van der Waals surface area contributed by atoms with E-state index in [9.17, 15) is 22.8 Å². The van der Waals surface area contributed by atoms with Gasteiger partial charge in [-0.1, -0.05) is 22.0 Å². The van der Waals surface area contributed by atoms with Crippen LogP contribution in [-0.4, -0.2) is 74.6 Å². The fourth-order valence-corrected chi connectivity index (χ4v) is 5.13. The second kappa shape index (κ2) is 9.99. The van der Waals surface area contributed by atoms with E-state index in [1.807, 2.05) is 0 Å². The van der Waals surface area contributed by atoms with E-state index in [2.05, 4.69) is 21.2 Å². The number of ether oxygens (including phenoxy) is 2. The minimum atomic E-state index is -3.69. The van der Waals surface area contributed by atoms with Crippen molar-refractivity contribution >= 4 is 43.5 Å². The first-order valence-electron chi connectivity index (χ1n) is 9.56. The van der Waals surface area contributed by atoms with Crippen molar-refractivity contribution < 1.29 is 32.3 Å². The number of nitrogens with zero attached hydrogens (tertiary/aromatic N) is 1. The van der Waals surface area contributed by atoms with Crippen LogP contribution < -0.4 is 5.32 Å². The zero-order valence-electron chi connectivity index (χ0n) is 16.3. The molecule has 0 aliphatic carbocycles. The van der Waals surface area contributed by atoms with Crippen molar-refractivity contribution in [2.45, 2.75) is 30.3 Å². The van der Waals surface area contributed by atoms with Crippen molar-refractivity contribution in [1.82, 2.24) is 10.2 Å². The number of alkyl halides is 1. The summed E-state index contributed by atoms with van der Waals surface area (Å²) in [6.07, 6.45) is 0.357. The molecule has 1 aromatic rings. The molecule has 9 nitrogen and oxygen atoms in total. The highest BCUT2D eigenvalue weighted by Crippen LogP contribution is 2.32. The lowest BCUT2D eigenvalue weighted by Crippen LogP contribution is -2.52. The molecule has 1 atom stereocenters. The van der Waals surface area contributed by atoms with Gasteiger partial charge in [0.1, 0.15) is 6.04 Å². The molecule has 11 heteroatoms. The molecule has 1 N–H and O–H groups in total. The SMILES string of the molecule is O=C1CCC(N2Cc3c(cccc3S(=O)(=O)CCOCCOCCBr)C2=O)C(=O)N1. The second-order valence-electron chi connectivity index (χ2n) is 6.91. The first kappa shape index (κ1) is 22.9. The molecule has 164 valence electrons. The lowest BCUT2D eigenvalue weighted by molar-refractivity contribution is -0.136. The van der Waals surface area contributed by atoms with Gasteiger partial charge in [-0.3, -0.25) is 19.7 Å². The van der Waals surface area contributed by atoms with Gasteiger partial charge in [-0.05, 0) is 18.6 Å². The van der Waals surface area contributed by atoms with E-state index in [0.29, 0.717) is 18.8 Å². The fourth-order valence-electron chi connectivity index (χ4n) is 3.50. The monoisotopic (exact) mass is 502 g/mol. The molecule has 2 aliphatic heterocycles. The number of rotatable bonds is 10. The molecule has 2 heterocycles. The average Bonchev–Trinajstić information content (AvgIpc) is 3.04. The predicted octanol–water partition coefficient (Wildman–Crippen LogP) is 0.649. The van der Waals surface area contributed by atoms with Gasteiger partial charge in [0, 0.05) is 29.4 Å². The van der Waals surface area contributed by atoms with Crippen molar-refractivity contribution in [3.63, 3.8) is 0 Å².